The zero-order valence-corrected chi connectivity index (χ0v) is 10.4. The van der Waals surface area contributed by atoms with Gasteiger partial charge in [0.25, 0.3) is 0 Å². The molecule has 1 fully saturated rings. The molecule has 0 spiro atoms. The summed E-state index contributed by atoms with van der Waals surface area (Å²) in [4.78, 5) is 0. The molecule has 1 aliphatic heterocycles. The number of rotatable bonds is 2. The molecule has 0 amide bonds. The lowest BCUT2D eigenvalue weighted by atomic mass is 9.92. The standard InChI is InChI=1S/C13H16ClN3/c14-13-11-7-9(3-4-12(11)16-17-13)6-10-2-1-5-15-8-10/h3-4,7,10,15H,1-2,5-6,8H2,(H,16,17). The van der Waals surface area contributed by atoms with Crippen LogP contribution in [0.2, 0.25) is 5.15 Å². The van der Waals surface area contributed by atoms with Crippen LogP contribution in [0.5, 0.6) is 0 Å². The van der Waals surface area contributed by atoms with Crippen LogP contribution >= 0.6 is 11.6 Å². The van der Waals surface area contributed by atoms with E-state index in [0.717, 1.165) is 29.8 Å². The van der Waals surface area contributed by atoms with E-state index in [1.165, 1.54) is 24.9 Å². The maximum atomic E-state index is 6.06. The van der Waals surface area contributed by atoms with E-state index in [1.807, 2.05) is 6.07 Å². The van der Waals surface area contributed by atoms with Crippen molar-refractivity contribution in [3.05, 3.63) is 28.9 Å². The molecule has 1 aromatic heterocycles. The first kappa shape index (κ1) is 11.1. The Morgan fingerprint density at radius 1 is 1.41 bits per heavy atom. The Balaban J connectivity index is 1.82. The predicted octanol–water partition coefficient (Wildman–Crippen LogP) is 2.76. The number of nitrogens with one attached hydrogen (secondary N) is 2. The Morgan fingerprint density at radius 2 is 2.35 bits per heavy atom. The van der Waals surface area contributed by atoms with Crippen molar-refractivity contribution < 1.29 is 0 Å². The SMILES string of the molecule is Clc1[nH]nc2ccc(CC3CCCNC3)cc12. The fraction of sp³-hybridized carbons (Fsp3) is 0.462. The quantitative estimate of drug-likeness (QED) is 0.859. The number of fused-ring (bicyclic) bond motifs is 1. The highest BCUT2D eigenvalue weighted by Gasteiger charge is 2.14. The maximum Gasteiger partial charge on any atom is 0.132 e. The summed E-state index contributed by atoms with van der Waals surface area (Å²) in [6.07, 6.45) is 3.74. The molecular formula is C13H16ClN3. The smallest absolute Gasteiger partial charge is 0.132 e. The molecule has 2 N–H and O–H groups in total. The first-order chi connectivity index (χ1) is 8.33. The second-order valence-electron chi connectivity index (χ2n) is 4.81. The third-order valence-electron chi connectivity index (χ3n) is 3.50. The van der Waals surface area contributed by atoms with Crippen LogP contribution < -0.4 is 5.32 Å². The second-order valence-corrected chi connectivity index (χ2v) is 5.18. The lowest BCUT2D eigenvalue weighted by Crippen LogP contribution is -2.30. The molecule has 90 valence electrons. The van der Waals surface area contributed by atoms with Gasteiger partial charge in [0, 0.05) is 5.39 Å². The molecule has 2 aromatic rings. The second kappa shape index (κ2) is 4.67. The summed E-state index contributed by atoms with van der Waals surface area (Å²) in [6.45, 7) is 2.31. The molecule has 1 aliphatic rings. The van der Waals surface area contributed by atoms with Gasteiger partial charge in [-0.15, -0.1) is 0 Å². The third kappa shape index (κ3) is 2.31. The monoisotopic (exact) mass is 249 g/mol. The average Bonchev–Trinajstić information content (AvgIpc) is 2.73. The van der Waals surface area contributed by atoms with Crippen molar-refractivity contribution >= 4 is 22.5 Å². The summed E-state index contributed by atoms with van der Waals surface area (Å²) in [5.41, 5.74) is 2.30. The highest BCUT2D eigenvalue weighted by atomic mass is 35.5. The summed E-state index contributed by atoms with van der Waals surface area (Å²) in [5, 5.41) is 12.1. The van der Waals surface area contributed by atoms with Gasteiger partial charge in [-0.3, -0.25) is 5.10 Å². The molecule has 1 atom stereocenters. The van der Waals surface area contributed by atoms with Crippen LogP contribution in [0.25, 0.3) is 10.9 Å². The van der Waals surface area contributed by atoms with Crippen LogP contribution in [0.4, 0.5) is 0 Å². The zero-order valence-electron chi connectivity index (χ0n) is 9.67. The van der Waals surface area contributed by atoms with Crippen LogP contribution in [0.15, 0.2) is 18.2 Å². The molecule has 0 radical (unpaired) electrons. The molecule has 3 nitrogen and oxygen atoms in total. The first-order valence-corrected chi connectivity index (χ1v) is 6.54. The number of benzene rings is 1. The number of aromatic amines is 1. The molecular weight excluding hydrogens is 234 g/mol. The lowest BCUT2D eigenvalue weighted by Gasteiger charge is -2.22. The minimum atomic E-state index is 0.642. The molecule has 0 aliphatic carbocycles. The van der Waals surface area contributed by atoms with Gasteiger partial charge in [-0.1, -0.05) is 17.7 Å². The van der Waals surface area contributed by atoms with Gasteiger partial charge in [0.1, 0.15) is 5.15 Å². The van der Waals surface area contributed by atoms with E-state index in [0.29, 0.717) is 5.15 Å². The fourth-order valence-corrected chi connectivity index (χ4v) is 2.78. The van der Waals surface area contributed by atoms with Crippen LogP contribution in [-0.4, -0.2) is 23.3 Å². The van der Waals surface area contributed by atoms with Gasteiger partial charge in [-0.2, -0.15) is 5.10 Å². The number of halogens is 1. The van der Waals surface area contributed by atoms with Crippen molar-refractivity contribution in [3.63, 3.8) is 0 Å². The van der Waals surface area contributed by atoms with Gasteiger partial charge in [0.05, 0.1) is 5.52 Å². The summed E-state index contributed by atoms with van der Waals surface area (Å²) < 4.78 is 0. The number of piperidine rings is 1. The van der Waals surface area contributed by atoms with Gasteiger partial charge in [0.15, 0.2) is 0 Å². The maximum absolute atomic E-state index is 6.06. The molecule has 1 saturated heterocycles. The predicted molar refractivity (Wildman–Crippen MR) is 70.4 cm³/mol. The van der Waals surface area contributed by atoms with E-state index in [-0.39, 0.29) is 0 Å². The van der Waals surface area contributed by atoms with E-state index < -0.39 is 0 Å². The molecule has 3 rings (SSSR count). The molecule has 0 saturated carbocycles. The normalized spacial score (nSPS) is 20.9. The van der Waals surface area contributed by atoms with Gasteiger partial charge in [-0.25, -0.2) is 0 Å². The van der Waals surface area contributed by atoms with Crippen LogP contribution in [-0.2, 0) is 6.42 Å². The highest BCUT2D eigenvalue weighted by molar-refractivity contribution is 6.34. The Labute approximate surface area is 106 Å². The van der Waals surface area contributed by atoms with Crippen LogP contribution in [0, 0.1) is 5.92 Å². The Bertz CT molecular complexity index is 514. The van der Waals surface area contributed by atoms with Gasteiger partial charge in [-0.05, 0) is 56.0 Å². The molecule has 17 heavy (non-hydrogen) atoms. The molecule has 1 aromatic carbocycles. The molecule has 1 unspecified atom stereocenters. The number of hydrogen-bond acceptors (Lipinski definition) is 2. The van der Waals surface area contributed by atoms with Crippen LogP contribution in [0.3, 0.4) is 0 Å². The third-order valence-corrected chi connectivity index (χ3v) is 3.78. The highest BCUT2D eigenvalue weighted by Crippen LogP contribution is 2.24. The molecule has 4 heteroatoms. The Hall–Kier alpha value is -1.06. The van der Waals surface area contributed by atoms with Crippen molar-refractivity contribution in [2.45, 2.75) is 19.3 Å². The van der Waals surface area contributed by atoms with E-state index in [1.54, 1.807) is 0 Å². The summed E-state index contributed by atoms with van der Waals surface area (Å²) >= 11 is 6.06. The average molecular weight is 250 g/mol. The van der Waals surface area contributed by atoms with Crippen molar-refractivity contribution in [3.8, 4) is 0 Å². The zero-order chi connectivity index (χ0) is 11.7. The largest absolute Gasteiger partial charge is 0.316 e. The van der Waals surface area contributed by atoms with E-state index >= 15 is 0 Å². The lowest BCUT2D eigenvalue weighted by molar-refractivity contribution is 0.376. The Morgan fingerprint density at radius 3 is 3.18 bits per heavy atom. The van der Waals surface area contributed by atoms with E-state index in [9.17, 15) is 0 Å². The topological polar surface area (TPSA) is 40.7 Å². The fourth-order valence-electron chi connectivity index (χ4n) is 2.58. The van der Waals surface area contributed by atoms with Crippen molar-refractivity contribution in [2.24, 2.45) is 5.92 Å². The number of hydrogen-bond donors (Lipinski definition) is 2. The minimum absolute atomic E-state index is 0.642. The Kier molecular flexibility index (Phi) is 3.04. The summed E-state index contributed by atoms with van der Waals surface area (Å²) in [5.74, 6) is 0.756. The number of aromatic nitrogens is 2. The van der Waals surface area contributed by atoms with Crippen LogP contribution in [0.1, 0.15) is 18.4 Å². The van der Waals surface area contributed by atoms with E-state index in [2.05, 4.69) is 27.6 Å². The molecule has 0 bridgehead atoms. The minimum Gasteiger partial charge on any atom is -0.316 e. The summed E-state index contributed by atoms with van der Waals surface area (Å²) in [7, 11) is 0. The van der Waals surface area contributed by atoms with Crippen molar-refractivity contribution in [1.29, 1.82) is 0 Å². The summed E-state index contributed by atoms with van der Waals surface area (Å²) in [6, 6.07) is 6.37. The van der Waals surface area contributed by atoms with E-state index in [4.69, 9.17) is 11.6 Å². The van der Waals surface area contributed by atoms with Crippen molar-refractivity contribution in [2.75, 3.05) is 13.1 Å². The molecule has 2 heterocycles. The first-order valence-electron chi connectivity index (χ1n) is 6.16. The number of H-pyrrole nitrogens is 1. The number of nitrogens with zero attached hydrogens (tertiary/aromatic N) is 1. The van der Waals surface area contributed by atoms with Gasteiger partial charge >= 0.3 is 0 Å². The van der Waals surface area contributed by atoms with Gasteiger partial charge in [0.2, 0.25) is 0 Å². The van der Waals surface area contributed by atoms with Crippen molar-refractivity contribution in [1.82, 2.24) is 15.5 Å². The van der Waals surface area contributed by atoms with Gasteiger partial charge < -0.3 is 5.32 Å².